The first-order chi connectivity index (χ1) is 13.2. The van der Waals surface area contributed by atoms with Gasteiger partial charge in [-0.15, -0.1) is 10.2 Å². The summed E-state index contributed by atoms with van der Waals surface area (Å²) in [6, 6.07) is 19.3. The Morgan fingerprint density at radius 3 is 2.56 bits per heavy atom. The maximum atomic E-state index is 6.21. The van der Waals surface area contributed by atoms with Crippen LogP contribution in [0.4, 0.5) is 0 Å². The van der Waals surface area contributed by atoms with Crippen LogP contribution in [0.25, 0.3) is 11.5 Å². The number of hydrogen-bond donors (Lipinski definition) is 0. The number of aromatic nitrogens is 2. The average molecular weight is 380 g/mol. The lowest BCUT2D eigenvalue weighted by molar-refractivity contribution is 0.124. The molecule has 2 aliphatic heterocycles. The molecule has 3 aromatic rings. The van der Waals surface area contributed by atoms with E-state index in [2.05, 4.69) is 34.3 Å². The van der Waals surface area contributed by atoms with Gasteiger partial charge >= 0.3 is 0 Å². The Bertz CT molecular complexity index is 924. The number of rotatable bonds is 3. The highest BCUT2D eigenvalue weighted by Crippen LogP contribution is 2.50. The van der Waals surface area contributed by atoms with Crippen LogP contribution in [0.3, 0.4) is 0 Å². The van der Waals surface area contributed by atoms with Crippen LogP contribution in [0.15, 0.2) is 59.0 Å². The zero-order chi connectivity index (χ0) is 18.4. The largest absolute Gasteiger partial charge is 0.420 e. The molecule has 5 rings (SSSR count). The predicted molar refractivity (Wildman–Crippen MR) is 106 cm³/mol. The van der Waals surface area contributed by atoms with E-state index in [4.69, 9.17) is 16.0 Å². The SMILES string of the molecule is CN1C2CCC1[C@H](c1nnc(-c3ccccc3)o1)C(c1ccc(Cl)cc1)C2. The van der Waals surface area contributed by atoms with Crippen molar-refractivity contribution in [2.45, 2.75) is 43.2 Å². The summed E-state index contributed by atoms with van der Waals surface area (Å²) >= 11 is 6.12. The minimum absolute atomic E-state index is 0.208. The van der Waals surface area contributed by atoms with Crippen molar-refractivity contribution in [2.75, 3.05) is 7.05 Å². The molecule has 2 saturated heterocycles. The van der Waals surface area contributed by atoms with Crippen molar-refractivity contribution in [2.24, 2.45) is 0 Å². The third-order valence-electron chi connectivity index (χ3n) is 6.31. The predicted octanol–water partition coefficient (Wildman–Crippen LogP) is 5.12. The van der Waals surface area contributed by atoms with Crippen LogP contribution in [0.1, 0.15) is 42.6 Å². The van der Waals surface area contributed by atoms with Gasteiger partial charge in [-0.05, 0) is 62.1 Å². The van der Waals surface area contributed by atoms with Gasteiger partial charge in [0, 0.05) is 22.7 Å². The smallest absolute Gasteiger partial charge is 0.247 e. The molecule has 3 heterocycles. The molecule has 0 N–H and O–H groups in total. The van der Waals surface area contributed by atoms with E-state index in [-0.39, 0.29) is 5.92 Å². The number of piperidine rings is 1. The number of halogens is 1. The Morgan fingerprint density at radius 1 is 1.00 bits per heavy atom. The minimum atomic E-state index is 0.208. The summed E-state index contributed by atoms with van der Waals surface area (Å²) in [6.07, 6.45) is 3.53. The van der Waals surface area contributed by atoms with Gasteiger partial charge in [-0.2, -0.15) is 0 Å². The van der Waals surface area contributed by atoms with E-state index in [1.54, 1.807) is 0 Å². The van der Waals surface area contributed by atoms with Crippen molar-refractivity contribution < 1.29 is 4.42 Å². The molecule has 2 aliphatic rings. The lowest BCUT2D eigenvalue weighted by Gasteiger charge is -2.41. The van der Waals surface area contributed by atoms with Gasteiger partial charge in [0.1, 0.15) is 0 Å². The standard InChI is InChI=1S/C22H22ClN3O/c1-26-17-11-12-19(26)20(18(13-17)14-7-9-16(23)10-8-14)22-25-24-21(27-22)15-5-3-2-4-6-15/h2-10,17-20H,11-13H2,1H3/t17?,18?,19?,20-/m1/s1. The Hall–Kier alpha value is -2.17. The molecule has 2 bridgehead atoms. The van der Waals surface area contributed by atoms with E-state index >= 15 is 0 Å². The van der Waals surface area contributed by atoms with Crippen LogP contribution in [0.5, 0.6) is 0 Å². The highest BCUT2D eigenvalue weighted by Gasteiger charge is 2.48. The van der Waals surface area contributed by atoms with Gasteiger partial charge in [0.2, 0.25) is 11.8 Å². The molecule has 4 atom stereocenters. The number of hydrogen-bond acceptors (Lipinski definition) is 4. The Kier molecular flexibility index (Phi) is 4.25. The van der Waals surface area contributed by atoms with Crippen molar-refractivity contribution in [1.82, 2.24) is 15.1 Å². The molecule has 4 nitrogen and oxygen atoms in total. The first-order valence-corrected chi connectivity index (χ1v) is 9.95. The fraction of sp³-hybridized carbons (Fsp3) is 0.364. The fourth-order valence-corrected chi connectivity index (χ4v) is 5.05. The van der Waals surface area contributed by atoms with Crippen LogP contribution in [-0.4, -0.2) is 34.2 Å². The molecule has 0 radical (unpaired) electrons. The molecule has 2 aromatic carbocycles. The molecular weight excluding hydrogens is 358 g/mol. The van der Waals surface area contributed by atoms with Crippen molar-refractivity contribution in [1.29, 1.82) is 0 Å². The minimum Gasteiger partial charge on any atom is -0.420 e. The topological polar surface area (TPSA) is 42.2 Å². The summed E-state index contributed by atoms with van der Waals surface area (Å²) in [4.78, 5) is 2.52. The molecule has 3 unspecified atom stereocenters. The lowest BCUT2D eigenvalue weighted by atomic mass is 9.76. The molecule has 138 valence electrons. The summed E-state index contributed by atoms with van der Waals surface area (Å²) in [6.45, 7) is 0. The maximum Gasteiger partial charge on any atom is 0.247 e. The van der Waals surface area contributed by atoms with Crippen LogP contribution in [0, 0.1) is 0 Å². The van der Waals surface area contributed by atoms with Gasteiger partial charge in [-0.25, -0.2) is 0 Å². The second-order valence-corrected chi connectivity index (χ2v) is 8.13. The Morgan fingerprint density at radius 2 is 1.78 bits per heavy atom. The molecule has 2 fully saturated rings. The van der Waals surface area contributed by atoms with E-state index < -0.39 is 0 Å². The average Bonchev–Trinajstić information content (AvgIpc) is 3.26. The van der Waals surface area contributed by atoms with Crippen molar-refractivity contribution >= 4 is 11.6 Å². The van der Waals surface area contributed by atoms with Crippen molar-refractivity contribution in [3.05, 3.63) is 71.1 Å². The molecule has 27 heavy (non-hydrogen) atoms. The van der Waals surface area contributed by atoms with E-state index in [1.165, 1.54) is 18.4 Å². The number of nitrogens with zero attached hydrogens (tertiary/aromatic N) is 3. The second-order valence-electron chi connectivity index (χ2n) is 7.69. The highest BCUT2D eigenvalue weighted by atomic mass is 35.5. The van der Waals surface area contributed by atoms with Gasteiger partial charge in [0.25, 0.3) is 0 Å². The van der Waals surface area contributed by atoms with Crippen molar-refractivity contribution in [3.63, 3.8) is 0 Å². The number of benzene rings is 2. The van der Waals surface area contributed by atoms with E-state index in [0.717, 1.165) is 22.9 Å². The van der Waals surface area contributed by atoms with Crippen LogP contribution < -0.4 is 0 Å². The lowest BCUT2D eigenvalue weighted by Crippen LogP contribution is -2.44. The maximum absolute atomic E-state index is 6.21. The third kappa shape index (κ3) is 2.97. The van der Waals surface area contributed by atoms with Crippen LogP contribution in [-0.2, 0) is 0 Å². The first kappa shape index (κ1) is 17.0. The fourth-order valence-electron chi connectivity index (χ4n) is 4.92. The molecule has 0 saturated carbocycles. The zero-order valence-electron chi connectivity index (χ0n) is 15.3. The molecular formula is C22H22ClN3O. The van der Waals surface area contributed by atoms with E-state index in [9.17, 15) is 0 Å². The molecule has 1 aromatic heterocycles. The third-order valence-corrected chi connectivity index (χ3v) is 6.57. The molecule has 0 amide bonds. The van der Waals surface area contributed by atoms with E-state index in [0.29, 0.717) is 23.9 Å². The summed E-state index contributed by atoms with van der Waals surface area (Å²) in [5.74, 6) is 1.94. The summed E-state index contributed by atoms with van der Waals surface area (Å²) in [5, 5.41) is 9.62. The van der Waals surface area contributed by atoms with Gasteiger partial charge in [-0.1, -0.05) is 41.9 Å². The Balaban J connectivity index is 1.54. The monoisotopic (exact) mass is 379 g/mol. The van der Waals surface area contributed by atoms with Crippen molar-refractivity contribution in [3.8, 4) is 11.5 Å². The molecule has 0 spiro atoms. The van der Waals surface area contributed by atoms with Gasteiger partial charge in [-0.3, -0.25) is 4.90 Å². The normalized spacial score (nSPS) is 27.8. The summed E-state index contributed by atoms with van der Waals surface area (Å²) in [5.41, 5.74) is 2.28. The number of fused-ring (bicyclic) bond motifs is 2. The zero-order valence-corrected chi connectivity index (χ0v) is 16.0. The quantitative estimate of drug-likeness (QED) is 0.633. The van der Waals surface area contributed by atoms with E-state index in [1.807, 2.05) is 42.5 Å². The summed E-state index contributed by atoms with van der Waals surface area (Å²) < 4.78 is 6.21. The molecule has 0 aliphatic carbocycles. The van der Waals surface area contributed by atoms with Crippen LogP contribution in [0.2, 0.25) is 5.02 Å². The summed E-state index contributed by atoms with van der Waals surface area (Å²) in [7, 11) is 2.24. The second kappa shape index (κ2) is 6.77. The van der Waals surface area contributed by atoms with Gasteiger partial charge < -0.3 is 4.42 Å². The van der Waals surface area contributed by atoms with Gasteiger partial charge in [0.05, 0.1) is 5.92 Å². The highest BCUT2D eigenvalue weighted by molar-refractivity contribution is 6.30. The Labute approximate surface area is 164 Å². The van der Waals surface area contributed by atoms with Gasteiger partial charge in [0.15, 0.2) is 0 Å². The molecule has 5 heteroatoms. The first-order valence-electron chi connectivity index (χ1n) is 9.57. The number of likely N-dealkylation sites (N-methyl/N-ethyl adjacent to an activating group) is 1. The van der Waals surface area contributed by atoms with Crippen LogP contribution >= 0.6 is 11.6 Å².